The van der Waals surface area contributed by atoms with Gasteiger partial charge in [-0.05, 0) is 33.1 Å². The zero-order chi connectivity index (χ0) is 42.3. The number of rotatable bonds is 43. The number of carbonyl (C=O) groups excluding carboxylic acids is 3. The van der Waals surface area contributed by atoms with Crippen molar-refractivity contribution in [3.05, 3.63) is 0 Å². The van der Waals surface area contributed by atoms with E-state index < -0.39 is 17.1 Å². The number of carbonyl (C=O) groups is 3. The maximum atomic E-state index is 13.3. The largest absolute Gasteiger partial charge is 0.450 e. The first-order valence-corrected chi connectivity index (χ1v) is 24.5. The van der Waals surface area contributed by atoms with Gasteiger partial charge in [-0.15, -0.1) is 0 Å². The van der Waals surface area contributed by atoms with Gasteiger partial charge in [-0.3, -0.25) is 14.4 Å². The minimum Gasteiger partial charge on any atom is -0.450 e. The molecule has 0 bridgehead atoms. The summed E-state index contributed by atoms with van der Waals surface area (Å²) in [4.78, 5) is 39.5. The Balaban J connectivity index is 4.53. The molecule has 57 heavy (non-hydrogen) atoms. The van der Waals surface area contributed by atoms with Crippen molar-refractivity contribution in [2.24, 2.45) is 5.41 Å². The fourth-order valence-electron chi connectivity index (χ4n) is 7.99. The Morgan fingerprint density at radius 1 is 0.526 bits per heavy atom. The lowest BCUT2D eigenvalue weighted by Gasteiger charge is -2.34. The highest BCUT2D eigenvalue weighted by Crippen LogP contribution is 2.30. The first kappa shape index (κ1) is 55.3. The summed E-state index contributed by atoms with van der Waals surface area (Å²) in [5, 5.41) is 15.0. The molecule has 0 aromatic heterocycles. The molecule has 2 amide bonds. The Hall–Kier alpha value is -1.67. The van der Waals surface area contributed by atoms with Gasteiger partial charge in [0.25, 0.3) is 5.91 Å². The van der Waals surface area contributed by atoms with Gasteiger partial charge >= 0.3 is 5.97 Å². The van der Waals surface area contributed by atoms with E-state index in [1.54, 1.807) is 0 Å². The number of nitrogens with one attached hydrogen (secondary N) is 2. The smallest absolute Gasteiger partial charge is 0.306 e. The fraction of sp³-hybridized carbons (Fsp3) is 0.939. The molecule has 8 heteroatoms. The molecule has 0 saturated carbocycles. The molecule has 0 rings (SSSR count). The normalized spacial score (nSPS) is 12.5. The summed E-state index contributed by atoms with van der Waals surface area (Å²) in [6, 6.07) is 0. The summed E-state index contributed by atoms with van der Waals surface area (Å²) in [5.41, 5.74) is -1.42. The first-order valence-electron chi connectivity index (χ1n) is 24.5. The zero-order valence-electron chi connectivity index (χ0n) is 38.7. The summed E-state index contributed by atoms with van der Waals surface area (Å²) in [7, 11) is 0. The Labute approximate surface area is 353 Å². The minimum absolute atomic E-state index is 0.0738. The van der Waals surface area contributed by atoms with Crippen molar-refractivity contribution < 1.29 is 29.0 Å². The number of ether oxygens (including phenoxy) is 2. The number of hydrogen-bond acceptors (Lipinski definition) is 6. The van der Waals surface area contributed by atoms with Crippen molar-refractivity contribution in [3.8, 4) is 0 Å². The highest BCUT2D eigenvalue weighted by atomic mass is 16.5. The predicted molar refractivity (Wildman–Crippen MR) is 241 cm³/mol. The van der Waals surface area contributed by atoms with E-state index >= 15 is 0 Å². The maximum absolute atomic E-state index is 13.3. The standard InChI is InChI=1S/C49H96N2O6/c1-7-9-11-13-15-17-19-21-23-25-27-29-31-33-35-37-39-50-46(54)44(42-51-47(55)48(3,4)43-49(5,6)56-41-40-52)57-45(53)38-36-34-32-30-28-26-24-22-20-18-16-14-12-10-8-2/h44,52H,7-43H2,1-6H3,(H,50,54)(H,51,55). The van der Waals surface area contributed by atoms with E-state index in [1.165, 1.54) is 161 Å². The maximum Gasteiger partial charge on any atom is 0.306 e. The topological polar surface area (TPSA) is 114 Å². The Bertz CT molecular complexity index is 939. The van der Waals surface area contributed by atoms with Crippen LogP contribution in [-0.2, 0) is 23.9 Å². The summed E-state index contributed by atoms with van der Waals surface area (Å²) in [6.07, 6.45) is 39.2. The molecule has 1 unspecified atom stereocenters. The molecule has 0 fully saturated rings. The first-order chi connectivity index (χ1) is 27.5. The highest BCUT2D eigenvalue weighted by Gasteiger charge is 2.36. The molecule has 0 aliphatic rings. The monoisotopic (exact) mass is 809 g/mol. The number of unbranched alkanes of at least 4 members (excludes halogenated alkanes) is 29. The van der Waals surface area contributed by atoms with Crippen LogP contribution < -0.4 is 10.6 Å². The Morgan fingerprint density at radius 3 is 1.28 bits per heavy atom. The molecule has 0 aliphatic carbocycles. The van der Waals surface area contributed by atoms with Gasteiger partial charge in [-0.1, -0.05) is 214 Å². The van der Waals surface area contributed by atoms with Crippen molar-refractivity contribution in [2.75, 3.05) is 26.3 Å². The van der Waals surface area contributed by atoms with Crippen LogP contribution in [0.25, 0.3) is 0 Å². The molecule has 0 aromatic carbocycles. The lowest BCUT2D eigenvalue weighted by molar-refractivity contribution is -0.156. The number of esters is 1. The van der Waals surface area contributed by atoms with Gasteiger partial charge < -0.3 is 25.2 Å². The molecule has 0 aromatic rings. The van der Waals surface area contributed by atoms with Crippen LogP contribution in [-0.4, -0.2) is 60.9 Å². The van der Waals surface area contributed by atoms with Gasteiger partial charge in [0, 0.05) is 18.4 Å². The third-order valence-corrected chi connectivity index (χ3v) is 11.4. The minimum atomic E-state index is -1.08. The Morgan fingerprint density at radius 2 is 0.895 bits per heavy atom. The SMILES string of the molecule is CCCCCCCCCCCCCCCCCCNC(=O)C(CNC(=O)C(C)(C)CC(C)(C)OCCO)OC(=O)CCCCCCCCCCCCCCCCC. The quantitative estimate of drug-likeness (QED) is 0.0417. The number of amides is 2. The van der Waals surface area contributed by atoms with E-state index in [0.717, 1.165) is 38.5 Å². The molecular weight excluding hydrogens is 713 g/mol. The second-order valence-corrected chi connectivity index (χ2v) is 18.4. The van der Waals surface area contributed by atoms with Crippen LogP contribution in [0.2, 0.25) is 0 Å². The second-order valence-electron chi connectivity index (χ2n) is 18.4. The molecule has 0 heterocycles. The van der Waals surface area contributed by atoms with Gasteiger partial charge in [0.1, 0.15) is 0 Å². The van der Waals surface area contributed by atoms with Crippen LogP contribution in [0.15, 0.2) is 0 Å². The van der Waals surface area contributed by atoms with E-state index in [1.807, 2.05) is 27.7 Å². The van der Waals surface area contributed by atoms with E-state index in [9.17, 15) is 19.5 Å². The molecule has 3 N–H and O–H groups in total. The van der Waals surface area contributed by atoms with Crippen LogP contribution in [0.1, 0.15) is 253 Å². The van der Waals surface area contributed by atoms with Crippen molar-refractivity contribution in [3.63, 3.8) is 0 Å². The van der Waals surface area contributed by atoms with Crippen molar-refractivity contribution >= 4 is 17.8 Å². The van der Waals surface area contributed by atoms with Crippen LogP contribution in [0.5, 0.6) is 0 Å². The molecule has 0 spiro atoms. The molecular formula is C49H96N2O6. The Kier molecular flexibility index (Phi) is 37.4. The molecule has 0 aliphatic heterocycles. The summed E-state index contributed by atoms with van der Waals surface area (Å²) in [6.45, 7) is 12.6. The molecule has 0 radical (unpaired) electrons. The van der Waals surface area contributed by atoms with Gasteiger partial charge in [0.05, 0.1) is 25.4 Å². The van der Waals surface area contributed by atoms with Gasteiger partial charge in [0.15, 0.2) is 6.10 Å². The summed E-state index contributed by atoms with van der Waals surface area (Å²) in [5.74, 6) is -0.984. The predicted octanol–water partition coefficient (Wildman–Crippen LogP) is 12.9. The van der Waals surface area contributed by atoms with E-state index in [2.05, 4.69) is 24.5 Å². The van der Waals surface area contributed by atoms with Gasteiger partial charge in [0.2, 0.25) is 5.91 Å². The fourth-order valence-corrected chi connectivity index (χ4v) is 7.99. The number of hydrogen-bond donors (Lipinski definition) is 3. The number of aliphatic hydroxyl groups excluding tert-OH is 1. The summed E-state index contributed by atoms with van der Waals surface area (Å²) < 4.78 is 11.5. The molecule has 0 saturated heterocycles. The van der Waals surface area contributed by atoms with Crippen molar-refractivity contribution in [1.29, 1.82) is 0 Å². The van der Waals surface area contributed by atoms with Crippen molar-refractivity contribution in [2.45, 2.75) is 265 Å². The second kappa shape index (κ2) is 38.5. The van der Waals surface area contributed by atoms with E-state index in [4.69, 9.17) is 9.47 Å². The average molecular weight is 809 g/mol. The van der Waals surface area contributed by atoms with Crippen molar-refractivity contribution in [1.82, 2.24) is 10.6 Å². The van der Waals surface area contributed by atoms with E-state index in [0.29, 0.717) is 13.0 Å². The third kappa shape index (κ3) is 36.0. The van der Waals surface area contributed by atoms with Gasteiger partial charge in [-0.2, -0.15) is 0 Å². The van der Waals surface area contributed by atoms with Gasteiger partial charge in [-0.25, -0.2) is 0 Å². The molecule has 338 valence electrons. The lowest BCUT2D eigenvalue weighted by atomic mass is 9.81. The van der Waals surface area contributed by atoms with Crippen LogP contribution >= 0.6 is 0 Å². The number of aliphatic hydroxyl groups is 1. The van der Waals surface area contributed by atoms with E-state index in [-0.39, 0.29) is 44.0 Å². The lowest BCUT2D eigenvalue weighted by Crippen LogP contribution is -2.49. The molecule has 1 atom stereocenters. The molecule has 8 nitrogen and oxygen atoms in total. The van der Waals surface area contributed by atoms with Crippen LogP contribution in [0.3, 0.4) is 0 Å². The third-order valence-electron chi connectivity index (χ3n) is 11.4. The van der Waals surface area contributed by atoms with Crippen LogP contribution in [0, 0.1) is 5.41 Å². The van der Waals surface area contributed by atoms with Crippen LogP contribution in [0.4, 0.5) is 0 Å². The zero-order valence-corrected chi connectivity index (χ0v) is 38.7. The highest BCUT2D eigenvalue weighted by molar-refractivity contribution is 5.86. The average Bonchev–Trinajstić information content (AvgIpc) is 3.17. The summed E-state index contributed by atoms with van der Waals surface area (Å²) >= 11 is 0.